The number of hydrogen-bond acceptors (Lipinski definition) is 4. The van der Waals surface area contributed by atoms with Gasteiger partial charge in [-0.3, -0.25) is 5.41 Å². The van der Waals surface area contributed by atoms with Gasteiger partial charge in [0.25, 0.3) is 0 Å². The molecule has 1 aromatic carbocycles. The number of rotatable bonds is 1. The molecule has 0 saturated carbocycles. The van der Waals surface area contributed by atoms with E-state index in [-0.39, 0.29) is 25.1 Å². The molecule has 0 bridgehead atoms. The van der Waals surface area contributed by atoms with Gasteiger partial charge in [0, 0.05) is 5.56 Å². The fraction of sp³-hybridized carbons (Fsp3) is 0.222. The average molecular weight is 216 g/mol. The molecule has 2 rings (SSSR count). The van der Waals surface area contributed by atoms with Gasteiger partial charge in [0.2, 0.25) is 12.7 Å². The van der Waals surface area contributed by atoms with Gasteiger partial charge < -0.3 is 14.2 Å². The molecule has 5 heteroatoms. The zero-order chi connectivity index (χ0) is 9.26. The highest BCUT2D eigenvalue weighted by Gasteiger charge is 2.14. The van der Waals surface area contributed by atoms with Crippen molar-refractivity contribution in [1.29, 1.82) is 5.41 Å². The minimum Gasteiger partial charge on any atom is -0.481 e. The Morgan fingerprint density at radius 1 is 1.36 bits per heavy atom. The minimum absolute atomic E-state index is 0. The van der Waals surface area contributed by atoms with E-state index >= 15 is 0 Å². The van der Waals surface area contributed by atoms with E-state index in [4.69, 9.17) is 19.6 Å². The highest BCUT2D eigenvalue weighted by molar-refractivity contribution is 5.92. The molecule has 0 aromatic heterocycles. The molecule has 1 aromatic rings. The second-order valence-electron chi connectivity index (χ2n) is 2.60. The van der Waals surface area contributed by atoms with Crippen molar-refractivity contribution >= 4 is 18.3 Å². The van der Waals surface area contributed by atoms with Crippen molar-refractivity contribution in [3.63, 3.8) is 0 Å². The highest BCUT2D eigenvalue weighted by atomic mass is 35.5. The molecule has 1 aliphatic rings. The summed E-state index contributed by atoms with van der Waals surface area (Å²) in [5.41, 5.74) is 0.687. The second kappa shape index (κ2) is 4.19. The van der Waals surface area contributed by atoms with Crippen LogP contribution in [0, 0.1) is 5.41 Å². The van der Waals surface area contributed by atoms with Crippen LogP contribution in [0.25, 0.3) is 0 Å². The van der Waals surface area contributed by atoms with Gasteiger partial charge in [0.05, 0.1) is 7.11 Å². The molecule has 0 aliphatic carbocycles. The van der Waals surface area contributed by atoms with Crippen molar-refractivity contribution < 1.29 is 14.2 Å². The van der Waals surface area contributed by atoms with E-state index in [2.05, 4.69) is 0 Å². The minimum atomic E-state index is 0. The van der Waals surface area contributed by atoms with Gasteiger partial charge in [-0.2, -0.15) is 0 Å². The standard InChI is InChI=1S/C9H9NO3.ClH/c1-11-9(10)6-2-3-7-8(4-6)13-5-12-7;/h2-4,10H,5H2,1H3;1H. The second-order valence-corrected chi connectivity index (χ2v) is 2.60. The van der Waals surface area contributed by atoms with Gasteiger partial charge >= 0.3 is 0 Å². The molecule has 0 amide bonds. The number of hydrogen-bond donors (Lipinski definition) is 1. The third-order valence-corrected chi connectivity index (χ3v) is 1.84. The van der Waals surface area contributed by atoms with Crippen LogP contribution in [0.4, 0.5) is 0 Å². The molecule has 1 aliphatic heterocycles. The molecular formula is C9H10ClNO3. The van der Waals surface area contributed by atoms with Crippen LogP contribution < -0.4 is 9.47 Å². The molecule has 1 N–H and O–H groups in total. The molecule has 76 valence electrons. The Hall–Kier alpha value is -1.42. The van der Waals surface area contributed by atoms with E-state index in [0.717, 1.165) is 0 Å². The predicted octanol–water partition coefficient (Wildman–Crippen LogP) is 1.81. The van der Waals surface area contributed by atoms with Gasteiger partial charge in [-0.15, -0.1) is 12.4 Å². The smallest absolute Gasteiger partial charge is 0.231 e. The van der Waals surface area contributed by atoms with Crippen molar-refractivity contribution in [3.05, 3.63) is 23.8 Å². The van der Waals surface area contributed by atoms with Crippen LogP contribution in [0.15, 0.2) is 18.2 Å². The Morgan fingerprint density at radius 2 is 2.07 bits per heavy atom. The van der Waals surface area contributed by atoms with Crippen LogP contribution in [0.2, 0.25) is 0 Å². The van der Waals surface area contributed by atoms with Crippen LogP contribution in [-0.2, 0) is 4.74 Å². The third kappa shape index (κ3) is 1.75. The summed E-state index contributed by atoms with van der Waals surface area (Å²) in [7, 11) is 1.47. The summed E-state index contributed by atoms with van der Waals surface area (Å²) >= 11 is 0. The van der Waals surface area contributed by atoms with Crippen molar-refractivity contribution in [3.8, 4) is 11.5 Å². The molecule has 0 atom stereocenters. The van der Waals surface area contributed by atoms with E-state index in [9.17, 15) is 0 Å². The maximum atomic E-state index is 7.42. The Labute approximate surface area is 87.7 Å². The van der Waals surface area contributed by atoms with Gasteiger partial charge in [-0.25, -0.2) is 0 Å². The van der Waals surface area contributed by atoms with Crippen molar-refractivity contribution in [2.24, 2.45) is 0 Å². The molecule has 1 heterocycles. The lowest BCUT2D eigenvalue weighted by Gasteiger charge is -2.02. The van der Waals surface area contributed by atoms with E-state index in [1.807, 2.05) is 0 Å². The SMILES string of the molecule is COC(=N)c1ccc2c(c1)OCO2.Cl. The summed E-state index contributed by atoms with van der Waals surface area (Å²) in [5.74, 6) is 1.50. The van der Waals surface area contributed by atoms with Gasteiger partial charge in [-0.1, -0.05) is 0 Å². The van der Waals surface area contributed by atoms with Crippen molar-refractivity contribution in [1.82, 2.24) is 0 Å². The van der Waals surface area contributed by atoms with Crippen LogP contribution >= 0.6 is 12.4 Å². The fourth-order valence-electron chi connectivity index (χ4n) is 1.16. The highest BCUT2D eigenvalue weighted by Crippen LogP contribution is 2.32. The summed E-state index contributed by atoms with van der Waals surface area (Å²) in [6.45, 7) is 0.249. The van der Waals surface area contributed by atoms with E-state index in [1.165, 1.54) is 7.11 Å². The number of halogens is 1. The number of ether oxygens (including phenoxy) is 3. The first-order valence-electron chi connectivity index (χ1n) is 3.84. The number of fused-ring (bicyclic) bond motifs is 1. The molecule has 0 unspecified atom stereocenters. The number of benzene rings is 1. The maximum absolute atomic E-state index is 7.42. The van der Waals surface area contributed by atoms with Crippen LogP contribution in [0.1, 0.15) is 5.56 Å². The van der Waals surface area contributed by atoms with Gasteiger partial charge in [-0.05, 0) is 18.2 Å². The lowest BCUT2D eigenvalue weighted by Crippen LogP contribution is -2.00. The predicted molar refractivity (Wildman–Crippen MR) is 53.7 cm³/mol. The zero-order valence-corrected chi connectivity index (χ0v) is 8.39. The number of methoxy groups -OCH3 is 1. The van der Waals surface area contributed by atoms with E-state index in [1.54, 1.807) is 18.2 Å². The van der Waals surface area contributed by atoms with E-state index in [0.29, 0.717) is 17.1 Å². The molecule has 0 spiro atoms. The largest absolute Gasteiger partial charge is 0.481 e. The first-order chi connectivity index (χ1) is 6.31. The van der Waals surface area contributed by atoms with Gasteiger partial charge in [0.15, 0.2) is 11.5 Å². The van der Waals surface area contributed by atoms with Crippen LogP contribution in [-0.4, -0.2) is 19.8 Å². The lowest BCUT2D eigenvalue weighted by molar-refractivity contribution is 0.174. The summed E-state index contributed by atoms with van der Waals surface area (Å²) in [5, 5.41) is 7.42. The lowest BCUT2D eigenvalue weighted by atomic mass is 10.2. The Bertz CT molecular complexity index is 354. The van der Waals surface area contributed by atoms with Crippen molar-refractivity contribution in [2.75, 3.05) is 13.9 Å². The Morgan fingerprint density at radius 3 is 2.79 bits per heavy atom. The topological polar surface area (TPSA) is 51.5 Å². The van der Waals surface area contributed by atoms with Gasteiger partial charge in [0.1, 0.15) is 0 Å². The summed E-state index contributed by atoms with van der Waals surface area (Å²) < 4.78 is 15.1. The third-order valence-electron chi connectivity index (χ3n) is 1.84. The average Bonchev–Trinajstić information content (AvgIpc) is 2.63. The Balaban J connectivity index is 0.000000980. The van der Waals surface area contributed by atoms with Crippen molar-refractivity contribution in [2.45, 2.75) is 0 Å². The number of nitrogens with one attached hydrogen (secondary N) is 1. The zero-order valence-electron chi connectivity index (χ0n) is 7.57. The summed E-state index contributed by atoms with van der Waals surface area (Å²) in [4.78, 5) is 0. The van der Waals surface area contributed by atoms with Crippen LogP contribution in [0.5, 0.6) is 11.5 Å². The summed E-state index contributed by atoms with van der Waals surface area (Å²) in [6.07, 6.45) is 0. The molecule has 0 radical (unpaired) electrons. The first kappa shape index (κ1) is 10.7. The normalized spacial score (nSPS) is 11.8. The molecule has 0 fully saturated rings. The fourth-order valence-corrected chi connectivity index (χ4v) is 1.16. The Kier molecular flexibility index (Phi) is 3.19. The molecular weight excluding hydrogens is 206 g/mol. The molecule has 0 saturated heterocycles. The maximum Gasteiger partial charge on any atom is 0.231 e. The van der Waals surface area contributed by atoms with Crippen LogP contribution in [0.3, 0.4) is 0 Å². The first-order valence-corrected chi connectivity index (χ1v) is 3.84. The summed E-state index contributed by atoms with van der Waals surface area (Å²) in [6, 6.07) is 5.26. The quantitative estimate of drug-likeness (QED) is 0.574. The molecule has 4 nitrogen and oxygen atoms in total. The monoisotopic (exact) mass is 215 g/mol. The van der Waals surface area contributed by atoms with E-state index < -0.39 is 0 Å². The molecule has 14 heavy (non-hydrogen) atoms.